The maximum atomic E-state index is 10.4. The fourth-order valence-corrected chi connectivity index (χ4v) is 1.09. The zero-order valence-corrected chi connectivity index (χ0v) is 6.17. The van der Waals surface area contributed by atoms with Crippen molar-refractivity contribution in [3.05, 3.63) is 0 Å². The number of carboxylic acids is 1. The Kier molecular flexibility index (Phi) is 2.34. The predicted molar refractivity (Wildman–Crippen MR) is 35.2 cm³/mol. The molecule has 3 atom stereocenters. The summed E-state index contributed by atoms with van der Waals surface area (Å²) < 4.78 is 4.53. The Balaban J connectivity index is 2.70. The molecule has 1 aliphatic heterocycles. The monoisotopic (exact) mass is 178 g/mol. The molecule has 0 aliphatic carbocycles. The van der Waals surface area contributed by atoms with Gasteiger partial charge in [0.25, 0.3) is 5.79 Å². The van der Waals surface area contributed by atoms with Crippen LogP contribution in [0.3, 0.4) is 0 Å². The van der Waals surface area contributed by atoms with Gasteiger partial charge < -0.3 is 25.2 Å². The fraction of sp³-hybridized carbons (Fsp3) is 0.833. The van der Waals surface area contributed by atoms with E-state index in [2.05, 4.69) is 4.74 Å². The summed E-state index contributed by atoms with van der Waals surface area (Å²) in [5.41, 5.74) is 0. The minimum absolute atomic E-state index is 0.423. The molecule has 6 nitrogen and oxygen atoms in total. The van der Waals surface area contributed by atoms with Gasteiger partial charge in [-0.1, -0.05) is 0 Å². The molecule has 1 saturated heterocycles. The zero-order valence-electron chi connectivity index (χ0n) is 6.17. The Hall–Kier alpha value is -0.690. The van der Waals surface area contributed by atoms with E-state index in [1.807, 2.05) is 0 Å². The van der Waals surface area contributed by atoms with E-state index in [1.165, 1.54) is 0 Å². The first-order chi connectivity index (χ1) is 5.49. The van der Waals surface area contributed by atoms with E-state index in [1.54, 1.807) is 0 Å². The van der Waals surface area contributed by atoms with Crippen molar-refractivity contribution in [1.29, 1.82) is 0 Å². The van der Waals surface area contributed by atoms with E-state index in [0.717, 1.165) is 0 Å². The Morgan fingerprint density at radius 2 is 2.25 bits per heavy atom. The molecule has 0 bridgehead atoms. The number of ether oxygens (including phenoxy) is 1. The quantitative estimate of drug-likeness (QED) is 0.386. The van der Waals surface area contributed by atoms with E-state index in [4.69, 9.17) is 20.4 Å². The summed E-state index contributed by atoms with van der Waals surface area (Å²) in [4.78, 5) is 10.4. The topological polar surface area (TPSA) is 107 Å². The second-order valence-electron chi connectivity index (χ2n) is 2.70. The summed E-state index contributed by atoms with van der Waals surface area (Å²) in [6.45, 7) is -0.517. The number of hydrogen-bond acceptors (Lipinski definition) is 5. The molecule has 1 fully saturated rings. The lowest BCUT2D eigenvalue weighted by atomic mass is 10.1. The fourth-order valence-electron chi connectivity index (χ4n) is 1.09. The average molecular weight is 178 g/mol. The normalized spacial score (nSPS) is 41.6. The molecule has 4 N–H and O–H groups in total. The molecule has 12 heavy (non-hydrogen) atoms. The highest BCUT2D eigenvalue weighted by molar-refractivity contribution is 5.75. The van der Waals surface area contributed by atoms with Crippen LogP contribution in [0.2, 0.25) is 0 Å². The molecule has 0 aromatic carbocycles. The molecule has 0 aromatic rings. The molecular formula is C6H10O6. The molecule has 0 saturated carbocycles. The van der Waals surface area contributed by atoms with Crippen molar-refractivity contribution in [2.75, 3.05) is 6.61 Å². The number of aliphatic hydroxyl groups excluding tert-OH is 2. The van der Waals surface area contributed by atoms with Gasteiger partial charge in [0.05, 0.1) is 12.7 Å². The summed E-state index contributed by atoms with van der Waals surface area (Å²) in [6.07, 6.45) is -2.59. The number of carbonyl (C=O) groups is 1. The van der Waals surface area contributed by atoms with Gasteiger partial charge in [-0.3, -0.25) is 0 Å². The van der Waals surface area contributed by atoms with E-state index in [-0.39, 0.29) is 0 Å². The van der Waals surface area contributed by atoms with Crippen LogP contribution >= 0.6 is 0 Å². The zero-order chi connectivity index (χ0) is 9.35. The SMILES string of the molecule is O=C(O)C1(O)C[C@H](O)[C@@H](CO)O1. The van der Waals surface area contributed by atoms with Crippen LogP contribution < -0.4 is 0 Å². The van der Waals surface area contributed by atoms with Gasteiger partial charge in [-0.15, -0.1) is 0 Å². The van der Waals surface area contributed by atoms with Gasteiger partial charge in [0.2, 0.25) is 0 Å². The minimum atomic E-state index is -2.35. The van der Waals surface area contributed by atoms with Crippen molar-refractivity contribution in [3.63, 3.8) is 0 Å². The first kappa shape index (κ1) is 9.40. The molecule has 1 rings (SSSR count). The first-order valence-corrected chi connectivity index (χ1v) is 3.42. The van der Waals surface area contributed by atoms with Crippen LogP contribution in [0.1, 0.15) is 6.42 Å². The van der Waals surface area contributed by atoms with Crippen LogP contribution in [0.25, 0.3) is 0 Å². The van der Waals surface area contributed by atoms with E-state index in [9.17, 15) is 4.79 Å². The van der Waals surface area contributed by atoms with Gasteiger partial charge in [0, 0.05) is 6.42 Å². The van der Waals surface area contributed by atoms with Crippen LogP contribution in [0, 0.1) is 0 Å². The molecule has 1 heterocycles. The molecule has 6 heteroatoms. The van der Waals surface area contributed by atoms with Gasteiger partial charge in [-0.05, 0) is 0 Å². The number of rotatable bonds is 2. The summed E-state index contributed by atoms with van der Waals surface area (Å²) in [6, 6.07) is 0. The Bertz CT molecular complexity index is 192. The third-order valence-corrected chi connectivity index (χ3v) is 1.78. The van der Waals surface area contributed by atoms with Crippen LogP contribution in [0.15, 0.2) is 0 Å². The van der Waals surface area contributed by atoms with Crippen molar-refractivity contribution in [2.45, 2.75) is 24.4 Å². The molecule has 0 aromatic heterocycles. The summed E-state index contributed by atoms with van der Waals surface area (Å²) in [5, 5.41) is 35.2. The van der Waals surface area contributed by atoms with Crippen molar-refractivity contribution >= 4 is 5.97 Å². The lowest BCUT2D eigenvalue weighted by molar-refractivity contribution is -0.219. The second-order valence-corrected chi connectivity index (χ2v) is 2.70. The maximum Gasteiger partial charge on any atom is 0.364 e. The number of hydrogen-bond donors (Lipinski definition) is 4. The Morgan fingerprint density at radius 3 is 2.50 bits per heavy atom. The van der Waals surface area contributed by atoms with Crippen LogP contribution in [0.4, 0.5) is 0 Å². The molecule has 70 valence electrons. The van der Waals surface area contributed by atoms with Crippen molar-refractivity contribution in [2.24, 2.45) is 0 Å². The standard InChI is InChI=1S/C6H10O6/c7-2-4-3(8)1-6(11,12-4)5(9)10/h3-4,7-8,11H,1-2H2,(H,9,10)/t3-,4+,6?/m0/s1. The number of aliphatic hydroxyl groups is 3. The molecule has 1 aliphatic rings. The van der Waals surface area contributed by atoms with Gasteiger partial charge in [-0.25, -0.2) is 4.79 Å². The summed E-state index contributed by atoms with van der Waals surface area (Å²) in [5.74, 6) is -3.91. The van der Waals surface area contributed by atoms with Crippen LogP contribution in [-0.4, -0.2) is 51.0 Å². The molecule has 0 radical (unpaired) electrons. The van der Waals surface area contributed by atoms with Gasteiger partial charge in [-0.2, -0.15) is 0 Å². The second kappa shape index (κ2) is 2.98. The Labute approximate surface area is 68.0 Å². The van der Waals surface area contributed by atoms with Crippen LogP contribution in [0.5, 0.6) is 0 Å². The minimum Gasteiger partial charge on any atom is -0.477 e. The third-order valence-electron chi connectivity index (χ3n) is 1.78. The third kappa shape index (κ3) is 1.42. The Morgan fingerprint density at radius 1 is 1.67 bits per heavy atom. The molecule has 1 unspecified atom stereocenters. The van der Waals surface area contributed by atoms with Gasteiger partial charge in [0.15, 0.2) is 0 Å². The summed E-state index contributed by atoms with van der Waals surface area (Å²) >= 11 is 0. The molecular weight excluding hydrogens is 168 g/mol. The largest absolute Gasteiger partial charge is 0.477 e. The molecule has 0 amide bonds. The van der Waals surface area contributed by atoms with Crippen molar-refractivity contribution < 1.29 is 30.0 Å². The van der Waals surface area contributed by atoms with Crippen molar-refractivity contribution in [3.8, 4) is 0 Å². The van der Waals surface area contributed by atoms with Crippen LogP contribution in [-0.2, 0) is 9.53 Å². The van der Waals surface area contributed by atoms with Gasteiger partial charge in [0.1, 0.15) is 6.10 Å². The van der Waals surface area contributed by atoms with E-state index < -0.39 is 37.0 Å². The van der Waals surface area contributed by atoms with E-state index >= 15 is 0 Å². The average Bonchev–Trinajstić information content (AvgIpc) is 2.27. The number of carboxylic acid groups (broad SMARTS) is 1. The maximum absolute atomic E-state index is 10.4. The highest BCUT2D eigenvalue weighted by Gasteiger charge is 2.50. The van der Waals surface area contributed by atoms with Crippen molar-refractivity contribution in [1.82, 2.24) is 0 Å². The highest BCUT2D eigenvalue weighted by Crippen LogP contribution is 2.28. The smallest absolute Gasteiger partial charge is 0.364 e. The van der Waals surface area contributed by atoms with Gasteiger partial charge >= 0.3 is 5.97 Å². The number of aliphatic carboxylic acids is 1. The summed E-state index contributed by atoms with van der Waals surface area (Å²) in [7, 11) is 0. The first-order valence-electron chi connectivity index (χ1n) is 3.42. The lowest BCUT2D eigenvalue weighted by Gasteiger charge is -2.16. The van der Waals surface area contributed by atoms with E-state index in [0.29, 0.717) is 0 Å². The lowest BCUT2D eigenvalue weighted by Crippen LogP contribution is -2.38. The highest BCUT2D eigenvalue weighted by atomic mass is 16.7. The molecule has 0 spiro atoms. The predicted octanol–water partition coefficient (Wildman–Crippen LogP) is -2.10.